The van der Waals surface area contributed by atoms with E-state index < -0.39 is 5.97 Å². The third-order valence-corrected chi connectivity index (χ3v) is 3.24. The molecule has 0 radical (unpaired) electrons. The zero-order valence-electron chi connectivity index (χ0n) is 9.15. The number of benzene rings is 1. The van der Waals surface area contributed by atoms with E-state index >= 15 is 0 Å². The van der Waals surface area contributed by atoms with Crippen LogP contribution in [0.1, 0.15) is 35.4 Å². The SMILES string of the molecule is O=C(O)CC(CO)c1ccc2c(c1)CCC2. The highest BCUT2D eigenvalue weighted by Gasteiger charge is 2.17. The third-order valence-electron chi connectivity index (χ3n) is 3.24. The second kappa shape index (κ2) is 4.66. The predicted octanol–water partition coefficient (Wildman–Crippen LogP) is 1.73. The van der Waals surface area contributed by atoms with Crippen LogP contribution in [0.5, 0.6) is 0 Å². The Morgan fingerprint density at radius 3 is 2.75 bits per heavy atom. The van der Waals surface area contributed by atoms with Crippen LogP contribution >= 0.6 is 0 Å². The second-order valence-electron chi connectivity index (χ2n) is 4.36. The minimum absolute atomic E-state index is 0.00468. The van der Waals surface area contributed by atoms with Crippen LogP contribution in [0, 0.1) is 0 Å². The number of aliphatic hydroxyl groups is 1. The first-order valence-corrected chi connectivity index (χ1v) is 5.65. The molecular weight excluding hydrogens is 204 g/mol. The number of carboxylic acid groups (broad SMARTS) is 1. The Morgan fingerprint density at radius 2 is 2.06 bits per heavy atom. The van der Waals surface area contributed by atoms with Crippen molar-refractivity contribution < 1.29 is 15.0 Å². The quantitative estimate of drug-likeness (QED) is 0.812. The van der Waals surface area contributed by atoms with Crippen LogP contribution < -0.4 is 0 Å². The van der Waals surface area contributed by atoms with E-state index in [0.717, 1.165) is 18.4 Å². The lowest BCUT2D eigenvalue weighted by Crippen LogP contribution is -2.10. The summed E-state index contributed by atoms with van der Waals surface area (Å²) in [6, 6.07) is 6.09. The van der Waals surface area contributed by atoms with E-state index in [1.165, 1.54) is 17.5 Å². The molecule has 1 aliphatic rings. The Balaban J connectivity index is 2.21. The molecule has 0 bridgehead atoms. The van der Waals surface area contributed by atoms with Crippen molar-refractivity contribution in [3.8, 4) is 0 Å². The largest absolute Gasteiger partial charge is 0.481 e. The number of hydrogen-bond acceptors (Lipinski definition) is 2. The first kappa shape index (κ1) is 11.1. The van der Waals surface area contributed by atoms with Crippen molar-refractivity contribution >= 4 is 5.97 Å². The van der Waals surface area contributed by atoms with Crippen molar-refractivity contribution in [1.82, 2.24) is 0 Å². The van der Waals surface area contributed by atoms with Gasteiger partial charge in [-0.05, 0) is 36.0 Å². The van der Waals surface area contributed by atoms with Crippen LogP contribution in [-0.2, 0) is 17.6 Å². The normalized spacial score (nSPS) is 15.8. The average molecular weight is 220 g/mol. The number of fused-ring (bicyclic) bond motifs is 1. The van der Waals surface area contributed by atoms with Crippen LogP contribution in [0.15, 0.2) is 18.2 Å². The maximum Gasteiger partial charge on any atom is 0.304 e. The van der Waals surface area contributed by atoms with Gasteiger partial charge in [-0.25, -0.2) is 0 Å². The lowest BCUT2D eigenvalue weighted by Gasteiger charge is -2.13. The number of rotatable bonds is 4. The van der Waals surface area contributed by atoms with E-state index in [4.69, 9.17) is 5.11 Å². The molecular formula is C13H16O3. The number of carboxylic acids is 1. The fourth-order valence-electron chi connectivity index (χ4n) is 2.34. The zero-order chi connectivity index (χ0) is 11.5. The molecule has 0 saturated carbocycles. The lowest BCUT2D eigenvalue weighted by atomic mass is 9.94. The first-order valence-electron chi connectivity index (χ1n) is 5.65. The van der Waals surface area contributed by atoms with Gasteiger partial charge in [-0.3, -0.25) is 4.79 Å². The molecule has 0 aliphatic heterocycles. The van der Waals surface area contributed by atoms with Gasteiger partial charge in [0.15, 0.2) is 0 Å². The molecule has 86 valence electrons. The molecule has 0 amide bonds. The summed E-state index contributed by atoms with van der Waals surface area (Å²) in [4.78, 5) is 10.7. The van der Waals surface area contributed by atoms with Gasteiger partial charge in [-0.1, -0.05) is 18.2 Å². The number of hydrogen-bond donors (Lipinski definition) is 2. The molecule has 16 heavy (non-hydrogen) atoms. The molecule has 1 aromatic carbocycles. The van der Waals surface area contributed by atoms with Crippen LogP contribution in [0.3, 0.4) is 0 Å². The Morgan fingerprint density at radius 1 is 1.31 bits per heavy atom. The molecule has 1 atom stereocenters. The topological polar surface area (TPSA) is 57.5 Å². The van der Waals surface area contributed by atoms with Crippen LogP contribution in [-0.4, -0.2) is 22.8 Å². The van der Waals surface area contributed by atoms with Gasteiger partial charge in [0.1, 0.15) is 0 Å². The molecule has 0 saturated heterocycles. The molecule has 1 aliphatic carbocycles. The summed E-state index contributed by atoms with van der Waals surface area (Å²) in [5.41, 5.74) is 3.64. The van der Waals surface area contributed by atoms with Gasteiger partial charge in [-0.15, -0.1) is 0 Å². The van der Waals surface area contributed by atoms with E-state index in [1.807, 2.05) is 6.07 Å². The van der Waals surface area contributed by atoms with E-state index in [9.17, 15) is 9.90 Å². The van der Waals surface area contributed by atoms with E-state index in [0.29, 0.717) is 0 Å². The second-order valence-corrected chi connectivity index (χ2v) is 4.36. The number of aliphatic hydroxyl groups excluding tert-OH is 1. The lowest BCUT2D eigenvalue weighted by molar-refractivity contribution is -0.137. The highest BCUT2D eigenvalue weighted by Crippen LogP contribution is 2.27. The fourth-order valence-corrected chi connectivity index (χ4v) is 2.34. The average Bonchev–Trinajstić information content (AvgIpc) is 2.72. The van der Waals surface area contributed by atoms with Crippen molar-refractivity contribution in [3.05, 3.63) is 34.9 Å². The summed E-state index contributed by atoms with van der Waals surface area (Å²) in [7, 11) is 0. The summed E-state index contributed by atoms with van der Waals surface area (Å²) >= 11 is 0. The van der Waals surface area contributed by atoms with E-state index in [2.05, 4.69) is 12.1 Å². The Kier molecular flexibility index (Phi) is 3.25. The van der Waals surface area contributed by atoms with Crippen molar-refractivity contribution in [2.75, 3.05) is 6.61 Å². The van der Waals surface area contributed by atoms with Crippen molar-refractivity contribution in [2.45, 2.75) is 31.6 Å². The molecule has 1 unspecified atom stereocenters. The van der Waals surface area contributed by atoms with Crippen LogP contribution in [0.4, 0.5) is 0 Å². The molecule has 1 aromatic rings. The van der Waals surface area contributed by atoms with Crippen molar-refractivity contribution in [2.24, 2.45) is 0 Å². The molecule has 3 heteroatoms. The molecule has 0 heterocycles. The van der Waals surface area contributed by atoms with Gasteiger partial charge in [0, 0.05) is 5.92 Å². The summed E-state index contributed by atoms with van der Waals surface area (Å²) in [5.74, 6) is -1.14. The maximum atomic E-state index is 10.7. The molecule has 2 N–H and O–H groups in total. The van der Waals surface area contributed by atoms with E-state index in [-0.39, 0.29) is 18.9 Å². The Bertz CT molecular complexity index is 398. The van der Waals surface area contributed by atoms with Crippen molar-refractivity contribution in [1.29, 1.82) is 0 Å². The number of carbonyl (C=O) groups is 1. The highest BCUT2D eigenvalue weighted by atomic mass is 16.4. The smallest absolute Gasteiger partial charge is 0.304 e. The number of aryl methyl sites for hydroxylation is 2. The van der Waals surface area contributed by atoms with Gasteiger partial charge in [0.25, 0.3) is 0 Å². The monoisotopic (exact) mass is 220 g/mol. The third kappa shape index (κ3) is 2.25. The van der Waals surface area contributed by atoms with Crippen LogP contribution in [0.25, 0.3) is 0 Å². The molecule has 0 fully saturated rings. The molecule has 3 nitrogen and oxygen atoms in total. The van der Waals surface area contributed by atoms with Gasteiger partial charge in [-0.2, -0.15) is 0 Å². The minimum Gasteiger partial charge on any atom is -0.481 e. The Labute approximate surface area is 94.7 Å². The van der Waals surface area contributed by atoms with Gasteiger partial charge < -0.3 is 10.2 Å². The van der Waals surface area contributed by atoms with Gasteiger partial charge in [0.05, 0.1) is 13.0 Å². The van der Waals surface area contributed by atoms with Crippen LogP contribution in [0.2, 0.25) is 0 Å². The highest BCUT2D eigenvalue weighted by molar-refractivity contribution is 5.68. The summed E-state index contributed by atoms with van der Waals surface area (Å²) < 4.78 is 0. The molecule has 0 aromatic heterocycles. The fraction of sp³-hybridized carbons (Fsp3) is 0.462. The summed E-state index contributed by atoms with van der Waals surface area (Å²) in [6.07, 6.45) is 3.38. The summed E-state index contributed by atoms with van der Waals surface area (Å²) in [5, 5.41) is 18.0. The molecule has 0 spiro atoms. The summed E-state index contributed by atoms with van der Waals surface area (Å²) in [6.45, 7) is -0.106. The van der Waals surface area contributed by atoms with Gasteiger partial charge in [0.2, 0.25) is 0 Å². The van der Waals surface area contributed by atoms with Crippen molar-refractivity contribution in [3.63, 3.8) is 0 Å². The number of aliphatic carboxylic acids is 1. The standard InChI is InChI=1S/C13H16O3/c14-8-12(7-13(15)16)11-5-4-9-2-1-3-10(9)6-11/h4-6,12,14H,1-3,7-8H2,(H,15,16). The molecule has 2 rings (SSSR count). The van der Waals surface area contributed by atoms with E-state index in [1.54, 1.807) is 0 Å². The predicted molar refractivity (Wildman–Crippen MR) is 60.5 cm³/mol. The Hall–Kier alpha value is -1.35. The van der Waals surface area contributed by atoms with Gasteiger partial charge >= 0.3 is 5.97 Å². The minimum atomic E-state index is -0.862. The maximum absolute atomic E-state index is 10.7. The zero-order valence-corrected chi connectivity index (χ0v) is 9.15. The first-order chi connectivity index (χ1) is 7.70.